The van der Waals surface area contributed by atoms with E-state index in [2.05, 4.69) is 0 Å². The van der Waals surface area contributed by atoms with Gasteiger partial charge in [-0.15, -0.1) is 0 Å². The van der Waals surface area contributed by atoms with E-state index in [0.29, 0.717) is 29.6 Å². The molecule has 7 nitrogen and oxygen atoms in total. The van der Waals surface area contributed by atoms with Crippen LogP contribution >= 0.6 is 0 Å². The number of Topliss-reactive ketones (excluding diaryl/α,β-unsaturated/α-hetero) is 1. The number of carbonyl (C=O) groups excluding carboxylic acids is 1. The molecule has 162 valence electrons. The SMILES string of the molecule is CC1=C2C(=C[C@@](C)(COC(O)c3ccc(S(=O)O)cc3)[C@@H]2O)C(=O)[C@](C)(O)C12CC2. The van der Waals surface area contributed by atoms with Gasteiger partial charge in [0.1, 0.15) is 5.60 Å². The third kappa shape index (κ3) is 2.97. The number of carbonyl (C=O) groups is 1. The van der Waals surface area contributed by atoms with Crippen molar-refractivity contribution in [1.82, 2.24) is 0 Å². The molecule has 3 aliphatic carbocycles. The van der Waals surface area contributed by atoms with Crippen molar-refractivity contribution < 1.29 is 33.6 Å². The smallest absolute Gasteiger partial charge is 0.195 e. The van der Waals surface area contributed by atoms with Crippen LogP contribution in [0.25, 0.3) is 0 Å². The molecule has 30 heavy (non-hydrogen) atoms. The average Bonchev–Trinajstić information content (AvgIpc) is 3.48. The second-order valence-electron chi connectivity index (χ2n) is 8.97. The maximum atomic E-state index is 13.0. The number of rotatable bonds is 5. The molecule has 8 heteroatoms. The summed E-state index contributed by atoms with van der Waals surface area (Å²) in [5, 5.41) is 32.4. The molecular weight excluding hydrogens is 408 g/mol. The third-order valence-electron chi connectivity index (χ3n) is 7.07. The fourth-order valence-corrected chi connectivity index (χ4v) is 5.24. The molecule has 0 aliphatic heterocycles. The van der Waals surface area contributed by atoms with E-state index in [4.69, 9.17) is 9.29 Å². The molecule has 1 aromatic carbocycles. The lowest BCUT2D eigenvalue weighted by molar-refractivity contribution is -0.138. The van der Waals surface area contributed by atoms with Crippen LogP contribution in [-0.4, -0.2) is 48.2 Å². The van der Waals surface area contributed by atoms with E-state index >= 15 is 0 Å². The maximum absolute atomic E-state index is 13.0. The molecule has 0 saturated heterocycles. The second kappa shape index (κ2) is 6.91. The lowest BCUT2D eigenvalue weighted by Gasteiger charge is -2.39. The van der Waals surface area contributed by atoms with Crippen molar-refractivity contribution in [1.29, 1.82) is 0 Å². The van der Waals surface area contributed by atoms with E-state index in [-0.39, 0.29) is 17.3 Å². The van der Waals surface area contributed by atoms with Crippen LogP contribution in [0.1, 0.15) is 45.5 Å². The third-order valence-corrected chi connectivity index (χ3v) is 7.75. The second-order valence-corrected chi connectivity index (χ2v) is 9.94. The van der Waals surface area contributed by atoms with Gasteiger partial charge in [-0.25, -0.2) is 4.21 Å². The summed E-state index contributed by atoms with van der Waals surface area (Å²) < 4.78 is 25.7. The zero-order valence-electron chi connectivity index (χ0n) is 17.1. The summed E-state index contributed by atoms with van der Waals surface area (Å²) in [6.07, 6.45) is 0.771. The Bertz CT molecular complexity index is 987. The fourth-order valence-electron chi connectivity index (χ4n) is 4.87. The fraction of sp³-hybridized carbons (Fsp3) is 0.500. The molecule has 2 unspecified atom stereocenters. The molecule has 4 N–H and O–H groups in total. The van der Waals surface area contributed by atoms with Crippen molar-refractivity contribution in [3.63, 3.8) is 0 Å². The molecule has 4 rings (SSSR count). The van der Waals surface area contributed by atoms with Gasteiger partial charge in [0.05, 0.1) is 17.6 Å². The van der Waals surface area contributed by atoms with Gasteiger partial charge in [-0.05, 0) is 44.4 Å². The molecule has 0 amide bonds. The highest BCUT2D eigenvalue weighted by atomic mass is 32.2. The minimum absolute atomic E-state index is 0.0638. The Balaban J connectivity index is 1.57. The van der Waals surface area contributed by atoms with E-state index < -0.39 is 39.9 Å². The molecular formula is C22H26O7S. The van der Waals surface area contributed by atoms with Crippen molar-refractivity contribution in [2.24, 2.45) is 10.8 Å². The number of ketones is 1. The topological polar surface area (TPSA) is 124 Å². The molecule has 0 radical (unpaired) electrons. The summed E-state index contributed by atoms with van der Waals surface area (Å²) in [6, 6.07) is 5.82. The lowest BCUT2D eigenvalue weighted by Crippen LogP contribution is -2.50. The molecule has 1 aromatic rings. The van der Waals surface area contributed by atoms with Crippen molar-refractivity contribution in [2.75, 3.05) is 6.61 Å². The molecule has 5 atom stereocenters. The van der Waals surface area contributed by atoms with Crippen molar-refractivity contribution >= 4 is 16.9 Å². The van der Waals surface area contributed by atoms with Crippen LogP contribution in [0.3, 0.4) is 0 Å². The summed E-state index contributed by atoms with van der Waals surface area (Å²) in [6.45, 7) is 5.10. The highest BCUT2D eigenvalue weighted by Gasteiger charge is 2.66. The van der Waals surface area contributed by atoms with E-state index in [9.17, 15) is 24.3 Å². The highest BCUT2D eigenvalue weighted by Crippen LogP contribution is 2.65. The largest absolute Gasteiger partial charge is 0.387 e. The number of hydrogen-bond donors (Lipinski definition) is 4. The van der Waals surface area contributed by atoms with E-state index in [1.165, 1.54) is 24.3 Å². The molecule has 1 spiro atoms. The summed E-state index contributed by atoms with van der Waals surface area (Å²) in [5.74, 6) is -0.378. The quantitative estimate of drug-likeness (QED) is 0.413. The number of hydrogen-bond acceptors (Lipinski definition) is 6. The van der Waals surface area contributed by atoms with Gasteiger partial charge < -0.3 is 24.6 Å². The normalized spacial score (nSPS) is 34.0. The Hall–Kier alpha value is -1.68. The highest BCUT2D eigenvalue weighted by molar-refractivity contribution is 7.79. The Kier molecular flexibility index (Phi) is 4.97. The summed E-state index contributed by atoms with van der Waals surface area (Å²) >= 11 is -2.11. The Labute approximate surface area is 177 Å². The summed E-state index contributed by atoms with van der Waals surface area (Å²) in [5.41, 5.74) is -0.896. The molecule has 1 saturated carbocycles. The van der Waals surface area contributed by atoms with Crippen molar-refractivity contribution in [3.05, 3.63) is 52.6 Å². The Morgan fingerprint density at radius 1 is 1.23 bits per heavy atom. The lowest BCUT2D eigenvalue weighted by atomic mass is 9.67. The summed E-state index contributed by atoms with van der Waals surface area (Å²) in [7, 11) is 0. The molecule has 3 aliphatic rings. The van der Waals surface area contributed by atoms with E-state index in [1.807, 2.05) is 6.92 Å². The Morgan fingerprint density at radius 2 is 1.83 bits per heavy atom. The average molecular weight is 435 g/mol. The van der Waals surface area contributed by atoms with Crippen molar-refractivity contribution in [2.45, 2.75) is 56.5 Å². The first kappa shape index (κ1) is 21.5. The molecule has 0 bridgehead atoms. The van der Waals surface area contributed by atoms with Crippen LogP contribution in [0.2, 0.25) is 0 Å². The van der Waals surface area contributed by atoms with Gasteiger partial charge in [-0.3, -0.25) is 4.79 Å². The van der Waals surface area contributed by atoms with Crippen LogP contribution in [0.5, 0.6) is 0 Å². The van der Waals surface area contributed by atoms with Gasteiger partial charge in [0.25, 0.3) is 0 Å². The van der Waals surface area contributed by atoms with E-state index in [1.54, 1.807) is 19.9 Å². The van der Waals surface area contributed by atoms with Crippen LogP contribution in [-0.2, 0) is 20.6 Å². The van der Waals surface area contributed by atoms with Crippen LogP contribution in [0.15, 0.2) is 52.0 Å². The Morgan fingerprint density at radius 3 is 2.37 bits per heavy atom. The van der Waals surface area contributed by atoms with E-state index in [0.717, 1.165) is 5.57 Å². The minimum atomic E-state index is -2.11. The zero-order chi connectivity index (χ0) is 22.1. The van der Waals surface area contributed by atoms with Gasteiger partial charge in [-0.1, -0.05) is 30.7 Å². The number of fused-ring (bicyclic) bond motifs is 1. The molecule has 1 fully saturated rings. The monoisotopic (exact) mass is 434 g/mol. The first-order valence-electron chi connectivity index (χ1n) is 9.85. The predicted molar refractivity (Wildman–Crippen MR) is 109 cm³/mol. The number of benzene rings is 1. The van der Waals surface area contributed by atoms with Crippen molar-refractivity contribution in [3.8, 4) is 0 Å². The minimum Gasteiger partial charge on any atom is -0.387 e. The van der Waals surface area contributed by atoms with Gasteiger partial charge in [0.15, 0.2) is 23.2 Å². The van der Waals surface area contributed by atoms with Crippen LogP contribution in [0.4, 0.5) is 0 Å². The zero-order valence-corrected chi connectivity index (χ0v) is 17.9. The van der Waals surface area contributed by atoms with Gasteiger partial charge in [-0.2, -0.15) is 0 Å². The van der Waals surface area contributed by atoms with Gasteiger partial charge in [0, 0.05) is 22.0 Å². The molecule has 0 aromatic heterocycles. The number of aliphatic hydroxyl groups excluding tert-OH is 2. The van der Waals surface area contributed by atoms with Crippen LogP contribution in [0, 0.1) is 10.8 Å². The predicted octanol–water partition coefficient (Wildman–Crippen LogP) is 2.01. The number of aliphatic hydroxyl groups is 3. The van der Waals surface area contributed by atoms with Crippen LogP contribution < -0.4 is 0 Å². The number of ether oxygens (including phenoxy) is 1. The standard InChI is InChI=1S/C22H26O7S/c1-12-16-15(17(23)21(3,26)22(12)8-9-22)10-20(2,18(16)24)11-29-19(25)13-4-6-14(7-5-13)30(27)28/h4-7,10,18-19,24-26H,8-9,11H2,1-3H3,(H,27,28)/t18-,19?,20+,21+/m1/s1. The van der Waals surface area contributed by atoms with Gasteiger partial charge >= 0.3 is 0 Å². The first-order valence-corrected chi connectivity index (χ1v) is 11.0. The first-order chi connectivity index (χ1) is 13.9. The maximum Gasteiger partial charge on any atom is 0.195 e. The summed E-state index contributed by atoms with van der Waals surface area (Å²) in [4.78, 5) is 13.2. The van der Waals surface area contributed by atoms with Gasteiger partial charge in [0.2, 0.25) is 0 Å². The molecule has 0 heterocycles.